The molecule has 0 aliphatic carbocycles. The maximum absolute atomic E-state index is 13.1. The van der Waals surface area contributed by atoms with E-state index >= 15 is 0 Å². The Balaban J connectivity index is 1.62. The van der Waals surface area contributed by atoms with Crippen LogP contribution in [0, 0.1) is 0 Å². The van der Waals surface area contributed by atoms with Crippen LogP contribution >= 0.6 is 0 Å². The zero-order valence-electron chi connectivity index (χ0n) is 17.8. The largest absolute Gasteiger partial charge is 0.416 e. The monoisotopic (exact) mass is 446 g/mol. The summed E-state index contributed by atoms with van der Waals surface area (Å²) in [7, 11) is 0. The molecule has 2 atom stereocenters. The van der Waals surface area contributed by atoms with Crippen molar-refractivity contribution < 1.29 is 22.8 Å². The predicted molar refractivity (Wildman–Crippen MR) is 110 cm³/mol. The maximum Gasteiger partial charge on any atom is 0.416 e. The first-order chi connectivity index (χ1) is 15.2. The molecule has 0 N–H and O–H groups in total. The molecule has 0 saturated carbocycles. The van der Waals surface area contributed by atoms with E-state index in [-0.39, 0.29) is 30.1 Å². The number of halogens is 3. The summed E-state index contributed by atoms with van der Waals surface area (Å²) < 4.78 is 38.8. The number of fused-ring (bicyclic) bond motifs is 1. The second-order valence-electron chi connectivity index (χ2n) is 8.63. The van der Waals surface area contributed by atoms with Gasteiger partial charge in [-0.25, -0.2) is 4.98 Å². The van der Waals surface area contributed by atoms with Crippen molar-refractivity contribution in [3.05, 3.63) is 59.7 Å². The Morgan fingerprint density at radius 1 is 1.19 bits per heavy atom. The van der Waals surface area contributed by atoms with Crippen molar-refractivity contribution in [3.8, 4) is 0 Å². The number of carbonyl (C=O) groups excluding carboxylic acids is 2. The Hall–Kier alpha value is -2.97. The van der Waals surface area contributed by atoms with Crippen LogP contribution in [0.2, 0.25) is 0 Å². The fourth-order valence-electron chi connectivity index (χ4n) is 4.87. The fourth-order valence-corrected chi connectivity index (χ4v) is 4.87. The average molecular weight is 446 g/mol. The van der Waals surface area contributed by atoms with Gasteiger partial charge in [-0.3, -0.25) is 14.6 Å². The minimum Gasteiger partial charge on any atom is -0.332 e. The van der Waals surface area contributed by atoms with Crippen LogP contribution in [-0.2, 0) is 17.5 Å². The Kier molecular flexibility index (Phi) is 5.92. The summed E-state index contributed by atoms with van der Waals surface area (Å²) >= 11 is 0. The van der Waals surface area contributed by atoms with Gasteiger partial charge in [-0.2, -0.15) is 13.2 Å². The minimum atomic E-state index is -4.40. The zero-order chi connectivity index (χ0) is 22.9. The quantitative estimate of drug-likeness (QED) is 0.713. The summed E-state index contributed by atoms with van der Waals surface area (Å²) in [5, 5.41) is 0. The number of benzene rings is 1. The number of aromatic nitrogens is 2. The highest BCUT2D eigenvalue weighted by Gasteiger charge is 2.51. The Bertz CT molecular complexity index is 981. The molecule has 2 aliphatic rings. The second kappa shape index (κ2) is 8.52. The molecule has 3 heterocycles. The topological polar surface area (TPSA) is 66.4 Å². The van der Waals surface area contributed by atoms with E-state index in [1.165, 1.54) is 30.7 Å². The molecule has 9 heteroatoms. The van der Waals surface area contributed by atoms with Gasteiger partial charge in [0, 0.05) is 31.9 Å². The standard InChI is InChI=1S/C23H25F3N4O2/c1-22-10-13-29(21(32)18-14-27-11-12-28-18)19(22)4-2-3-5-20(31)30(22)15-16-6-8-17(9-7-16)23(24,25)26/h6-9,11-12,14,19H,2-5,10,13,15H2,1H3/t19-,22-/m1/s1. The third-order valence-electron chi connectivity index (χ3n) is 6.65. The number of nitrogens with zero attached hydrogens (tertiary/aromatic N) is 4. The molecule has 4 rings (SSSR count). The molecule has 0 bridgehead atoms. The van der Waals surface area contributed by atoms with Gasteiger partial charge in [0.15, 0.2) is 0 Å². The van der Waals surface area contributed by atoms with Gasteiger partial charge in [0.1, 0.15) is 5.69 Å². The Morgan fingerprint density at radius 3 is 2.59 bits per heavy atom. The highest BCUT2D eigenvalue weighted by molar-refractivity contribution is 5.92. The summed E-state index contributed by atoms with van der Waals surface area (Å²) in [6.07, 6.45) is 3.28. The molecule has 2 aromatic rings. The van der Waals surface area contributed by atoms with E-state index in [1.54, 1.807) is 9.80 Å². The van der Waals surface area contributed by atoms with Crippen LogP contribution in [0.4, 0.5) is 13.2 Å². The number of likely N-dealkylation sites (tertiary alicyclic amines) is 2. The average Bonchev–Trinajstić information content (AvgIpc) is 3.10. The van der Waals surface area contributed by atoms with Gasteiger partial charge >= 0.3 is 6.18 Å². The summed E-state index contributed by atoms with van der Waals surface area (Å²) in [5.74, 6) is -0.250. The summed E-state index contributed by atoms with van der Waals surface area (Å²) in [6, 6.07) is 4.73. The first-order valence-electron chi connectivity index (χ1n) is 10.7. The van der Waals surface area contributed by atoms with Crippen LogP contribution in [0.5, 0.6) is 0 Å². The molecule has 170 valence electrons. The number of hydrogen-bond acceptors (Lipinski definition) is 4. The molecule has 6 nitrogen and oxygen atoms in total. The molecule has 0 spiro atoms. The smallest absolute Gasteiger partial charge is 0.332 e. The van der Waals surface area contributed by atoms with E-state index in [0.717, 1.165) is 25.0 Å². The second-order valence-corrected chi connectivity index (χ2v) is 8.63. The highest BCUT2D eigenvalue weighted by atomic mass is 19.4. The number of hydrogen-bond donors (Lipinski definition) is 0. The first-order valence-corrected chi connectivity index (χ1v) is 10.7. The summed E-state index contributed by atoms with van der Waals surface area (Å²) in [5.41, 5.74) is -0.436. The number of carbonyl (C=O) groups is 2. The third-order valence-corrected chi connectivity index (χ3v) is 6.65. The van der Waals surface area contributed by atoms with E-state index in [0.29, 0.717) is 31.4 Å². The van der Waals surface area contributed by atoms with Gasteiger partial charge in [-0.05, 0) is 43.9 Å². The highest BCUT2D eigenvalue weighted by Crippen LogP contribution is 2.40. The van der Waals surface area contributed by atoms with Gasteiger partial charge in [-0.1, -0.05) is 18.6 Å². The van der Waals surface area contributed by atoms with Crippen molar-refractivity contribution >= 4 is 11.8 Å². The molecule has 2 aliphatic heterocycles. The van der Waals surface area contributed by atoms with Crippen molar-refractivity contribution in [2.45, 2.75) is 63.3 Å². The van der Waals surface area contributed by atoms with Crippen LogP contribution in [0.3, 0.4) is 0 Å². The van der Waals surface area contributed by atoms with Crippen molar-refractivity contribution in [2.24, 2.45) is 0 Å². The molecule has 1 aromatic carbocycles. The van der Waals surface area contributed by atoms with Crippen molar-refractivity contribution in [1.82, 2.24) is 19.8 Å². The van der Waals surface area contributed by atoms with Gasteiger partial charge < -0.3 is 9.80 Å². The van der Waals surface area contributed by atoms with E-state index in [1.807, 2.05) is 6.92 Å². The van der Waals surface area contributed by atoms with Gasteiger partial charge in [0.2, 0.25) is 5.91 Å². The lowest BCUT2D eigenvalue weighted by Crippen LogP contribution is -2.58. The van der Waals surface area contributed by atoms with E-state index < -0.39 is 17.3 Å². The van der Waals surface area contributed by atoms with Crippen LogP contribution in [-0.4, -0.2) is 49.7 Å². The first kappa shape index (κ1) is 22.2. The van der Waals surface area contributed by atoms with Gasteiger partial charge in [-0.15, -0.1) is 0 Å². The number of rotatable bonds is 3. The lowest BCUT2D eigenvalue weighted by atomic mass is 9.84. The maximum atomic E-state index is 13.1. The van der Waals surface area contributed by atoms with Crippen molar-refractivity contribution in [2.75, 3.05) is 6.54 Å². The Labute approximate surface area is 184 Å². The zero-order valence-corrected chi connectivity index (χ0v) is 17.8. The van der Waals surface area contributed by atoms with E-state index in [2.05, 4.69) is 9.97 Å². The molecule has 2 amide bonds. The lowest BCUT2D eigenvalue weighted by molar-refractivity contribution is -0.140. The van der Waals surface area contributed by atoms with Crippen LogP contribution < -0.4 is 0 Å². The molecule has 2 saturated heterocycles. The van der Waals surface area contributed by atoms with Crippen LogP contribution in [0.1, 0.15) is 60.6 Å². The number of alkyl halides is 3. The van der Waals surface area contributed by atoms with Crippen LogP contribution in [0.25, 0.3) is 0 Å². The predicted octanol–water partition coefficient (Wildman–Crippen LogP) is 4.07. The SMILES string of the molecule is C[C@@]12CCN(C(=O)c3cnccn3)[C@@H]1CCCCC(=O)N2Cc1ccc(C(F)(F)F)cc1. The van der Waals surface area contributed by atoms with Gasteiger partial charge in [0.05, 0.1) is 23.3 Å². The molecule has 2 fully saturated rings. The third kappa shape index (κ3) is 4.20. The number of amides is 2. The van der Waals surface area contributed by atoms with Crippen molar-refractivity contribution in [1.29, 1.82) is 0 Å². The summed E-state index contributed by atoms with van der Waals surface area (Å²) in [6.45, 7) is 2.67. The van der Waals surface area contributed by atoms with E-state index in [9.17, 15) is 22.8 Å². The molecule has 1 aromatic heterocycles. The molecule has 32 heavy (non-hydrogen) atoms. The molecular weight excluding hydrogens is 421 g/mol. The minimum absolute atomic E-state index is 0.0362. The molecule has 0 radical (unpaired) electrons. The fraction of sp³-hybridized carbons (Fsp3) is 0.478. The molecular formula is C23H25F3N4O2. The lowest BCUT2D eigenvalue weighted by Gasteiger charge is -2.45. The van der Waals surface area contributed by atoms with Crippen LogP contribution in [0.15, 0.2) is 42.9 Å². The normalized spacial score (nSPS) is 24.1. The summed E-state index contributed by atoms with van der Waals surface area (Å²) in [4.78, 5) is 37.9. The van der Waals surface area contributed by atoms with Crippen molar-refractivity contribution in [3.63, 3.8) is 0 Å². The van der Waals surface area contributed by atoms with Gasteiger partial charge in [0.25, 0.3) is 5.91 Å². The van der Waals surface area contributed by atoms with E-state index in [4.69, 9.17) is 0 Å². The Morgan fingerprint density at radius 2 is 1.94 bits per heavy atom. The molecule has 0 unspecified atom stereocenters.